The third kappa shape index (κ3) is 2.96. The molecule has 1 aliphatic rings. The fraction of sp³-hybridized carbons (Fsp3) is 0.400. The molecule has 0 radical (unpaired) electrons. The highest BCUT2D eigenvalue weighted by molar-refractivity contribution is 7.91. The van der Waals surface area contributed by atoms with Crippen molar-refractivity contribution in [3.05, 3.63) is 24.0 Å². The minimum absolute atomic E-state index is 0.00117. The van der Waals surface area contributed by atoms with Crippen molar-refractivity contribution in [3.8, 4) is 0 Å². The zero-order valence-corrected chi connectivity index (χ0v) is 10.4. The van der Waals surface area contributed by atoms with Gasteiger partial charge in [-0.15, -0.1) is 0 Å². The minimum atomic E-state index is -3.00. The number of nitrogens with two attached hydrogens (primary N) is 1. The van der Waals surface area contributed by atoms with Crippen LogP contribution in [0.25, 0.3) is 0 Å². The molecular formula is C10H14N4O3S. The molecule has 0 saturated carbocycles. The number of anilines is 1. The van der Waals surface area contributed by atoms with Crippen molar-refractivity contribution in [2.75, 3.05) is 16.9 Å². The molecule has 1 aromatic heterocycles. The molecule has 8 heteroatoms. The van der Waals surface area contributed by atoms with Crippen LogP contribution in [0, 0.1) is 0 Å². The number of carbonyl (C=O) groups is 1. The van der Waals surface area contributed by atoms with Crippen LogP contribution in [0.4, 0.5) is 5.69 Å². The van der Waals surface area contributed by atoms with E-state index in [0.29, 0.717) is 12.1 Å². The molecule has 7 nitrogen and oxygen atoms in total. The number of amides is 1. The van der Waals surface area contributed by atoms with E-state index >= 15 is 0 Å². The number of hydrogen-bond acceptors (Lipinski definition) is 6. The molecule has 1 fully saturated rings. The average Bonchev–Trinajstić information content (AvgIpc) is 2.68. The lowest BCUT2D eigenvalue weighted by Crippen LogP contribution is -2.36. The van der Waals surface area contributed by atoms with Crippen LogP contribution >= 0.6 is 0 Å². The zero-order chi connectivity index (χ0) is 13.2. The van der Waals surface area contributed by atoms with Crippen LogP contribution in [0.5, 0.6) is 0 Å². The summed E-state index contributed by atoms with van der Waals surface area (Å²) in [5, 5.41) is 2.66. The summed E-state index contributed by atoms with van der Waals surface area (Å²) in [6.07, 6.45) is 1.89. The highest BCUT2D eigenvalue weighted by atomic mass is 32.2. The quantitative estimate of drug-likeness (QED) is 0.493. The normalized spacial score (nSPS) is 21.5. The van der Waals surface area contributed by atoms with E-state index in [1.54, 1.807) is 6.07 Å². The number of nitrogen functional groups attached to an aromatic ring is 1. The van der Waals surface area contributed by atoms with Crippen molar-refractivity contribution < 1.29 is 13.2 Å². The number of sulfone groups is 1. The predicted molar refractivity (Wildman–Crippen MR) is 66.6 cm³/mol. The summed E-state index contributed by atoms with van der Waals surface area (Å²) in [7, 11) is -3.00. The van der Waals surface area contributed by atoms with Crippen molar-refractivity contribution in [2.45, 2.75) is 12.5 Å². The van der Waals surface area contributed by atoms with E-state index in [1.807, 2.05) is 0 Å². The molecule has 1 saturated heterocycles. The Bertz CT molecular complexity index is 541. The van der Waals surface area contributed by atoms with Gasteiger partial charge in [-0.2, -0.15) is 0 Å². The van der Waals surface area contributed by atoms with E-state index in [0.717, 1.165) is 0 Å². The Kier molecular flexibility index (Phi) is 3.48. The van der Waals surface area contributed by atoms with Crippen LogP contribution in [-0.4, -0.2) is 36.9 Å². The van der Waals surface area contributed by atoms with E-state index in [9.17, 15) is 13.2 Å². The smallest absolute Gasteiger partial charge is 0.270 e. The van der Waals surface area contributed by atoms with Crippen LogP contribution in [0.15, 0.2) is 18.3 Å². The largest absolute Gasteiger partial charge is 0.347 e. The topological polar surface area (TPSA) is 114 Å². The lowest BCUT2D eigenvalue weighted by molar-refractivity contribution is 0.0936. The van der Waals surface area contributed by atoms with Gasteiger partial charge in [-0.1, -0.05) is 0 Å². The van der Waals surface area contributed by atoms with Crippen LogP contribution in [0.3, 0.4) is 0 Å². The maximum Gasteiger partial charge on any atom is 0.270 e. The molecule has 1 unspecified atom stereocenters. The van der Waals surface area contributed by atoms with E-state index < -0.39 is 9.84 Å². The van der Waals surface area contributed by atoms with E-state index in [4.69, 9.17) is 5.84 Å². The molecule has 0 aliphatic carbocycles. The number of carbonyl (C=O) groups excluding carboxylic acids is 1. The van der Waals surface area contributed by atoms with E-state index in [-0.39, 0.29) is 29.1 Å². The van der Waals surface area contributed by atoms with Crippen LogP contribution < -0.4 is 16.6 Å². The van der Waals surface area contributed by atoms with Gasteiger partial charge in [-0.25, -0.2) is 13.4 Å². The Hall–Kier alpha value is -1.67. The summed E-state index contributed by atoms with van der Waals surface area (Å²) in [5.41, 5.74) is 3.23. The fourth-order valence-corrected chi connectivity index (χ4v) is 3.46. The Balaban J connectivity index is 1.99. The first-order valence-corrected chi connectivity index (χ1v) is 7.26. The zero-order valence-electron chi connectivity index (χ0n) is 9.59. The summed E-state index contributed by atoms with van der Waals surface area (Å²) >= 11 is 0. The van der Waals surface area contributed by atoms with Gasteiger partial charge < -0.3 is 10.7 Å². The Morgan fingerprint density at radius 2 is 2.22 bits per heavy atom. The first-order valence-electron chi connectivity index (χ1n) is 5.44. The lowest BCUT2D eigenvalue weighted by Gasteiger charge is -2.10. The lowest BCUT2D eigenvalue weighted by atomic mass is 10.2. The number of nitrogens with zero attached hydrogens (tertiary/aromatic N) is 1. The third-order valence-corrected chi connectivity index (χ3v) is 4.50. The molecule has 2 heterocycles. The number of aromatic nitrogens is 1. The maximum atomic E-state index is 11.8. The molecule has 1 amide bonds. The highest BCUT2D eigenvalue weighted by Gasteiger charge is 2.29. The molecule has 0 aromatic carbocycles. The van der Waals surface area contributed by atoms with Gasteiger partial charge in [-0.05, 0) is 18.6 Å². The Morgan fingerprint density at radius 3 is 2.72 bits per heavy atom. The summed E-state index contributed by atoms with van der Waals surface area (Å²) in [6.45, 7) is 0. The Morgan fingerprint density at radius 1 is 1.44 bits per heavy atom. The minimum Gasteiger partial charge on any atom is -0.347 e. The van der Waals surface area contributed by atoms with E-state index in [2.05, 4.69) is 15.7 Å². The van der Waals surface area contributed by atoms with Gasteiger partial charge in [0.2, 0.25) is 0 Å². The van der Waals surface area contributed by atoms with Gasteiger partial charge in [0.15, 0.2) is 9.84 Å². The van der Waals surface area contributed by atoms with Gasteiger partial charge in [0.1, 0.15) is 5.69 Å². The molecule has 98 valence electrons. The van der Waals surface area contributed by atoms with Crippen molar-refractivity contribution in [1.82, 2.24) is 10.3 Å². The first kappa shape index (κ1) is 12.8. The second-order valence-electron chi connectivity index (χ2n) is 4.15. The number of hydrogen-bond donors (Lipinski definition) is 3. The van der Waals surface area contributed by atoms with Crippen LogP contribution in [0.1, 0.15) is 16.9 Å². The monoisotopic (exact) mass is 270 g/mol. The molecule has 1 aliphatic heterocycles. The van der Waals surface area contributed by atoms with Crippen molar-refractivity contribution in [1.29, 1.82) is 0 Å². The number of hydrazine groups is 1. The van der Waals surface area contributed by atoms with Crippen LogP contribution in [-0.2, 0) is 9.84 Å². The molecule has 0 spiro atoms. The molecule has 2 rings (SSSR count). The fourth-order valence-electron chi connectivity index (χ4n) is 1.78. The molecule has 0 bridgehead atoms. The van der Waals surface area contributed by atoms with Crippen molar-refractivity contribution in [3.63, 3.8) is 0 Å². The predicted octanol–water partition coefficient (Wildman–Crippen LogP) is -0.716. The second kappa shape index (κ2) is 4.91. The summed E-state index contributed by atoms with van der Waals surface area (Å²) in [6, 6.07) is 2.82. The summed E-state index contributed by atoms with van der Waals surface area (Å²) in [5.74, 6) is 4.93. The molecule has 1 atom stereocenters. The molecule has 18 heavy (non-hydrogen) atoms. The second-order valence-corrected chi connectivity index (χ2v) is 6.38. The number of pyridine rings is 1. The number of rotatable bonds is 3. The van der Waals surface area contributed by atoms with E-state index in [1.165, 1.54) is 12.3 Å². The third-order valence-electron chi connectivity index (χ3n) is 2.73. The molecule has 1 aromatic rings. The molecule has 4 N–H and O–H groups in total. The van der Waals surface area contributed by atoms with Crippen molar-refractivity contribution >= 4 is 21.4 Å². The first-order chi connectivity index (χ1) is 8.50. The highest BCUT2D eigenvalue weighted by Crippen LogP contribution is 2.12. The summed E-state index contributed by atoms with van der Waals surface area (Å²) in [4.78, 5) is 15.7. The SMILES string of the molecule is NNc1ccc(C(=O)NC2CCS(=O)(=O)C2)nc1. The van der Waals surface area contributed by atoms with Gasteiger partial charge >= 0.3 is 0 Å². The molecular weight excluding hydrogens is 256 g/mol. The van der Waals surface area contributed by atoms with Gasteiger partial charge in [0.25, 0.3) is 5.91 Å². The summed E-state index contributed by atoms with van der Waals surface area (Å²) < 4.78 is 22.5. The number of nitrogens with one attached hydrogen (secondary N) is 2. The maximum absolute atomic E-state index is 11.8. The standard InChI is InChI=1S/C10H14N4O3S/c11-14-7-1-2-9(12-5-7)10(15)13-8-3-4-18(16,17)6-8/h1-2,5,8,14H,3-4,6,11H2,(H,13,15). The van der Waals surface area contributed by atoms with Gasteiger partial charge in [0, 0.05) is 6.04 Å². The van der Waals surface area contributed by atoms with Gasteiger partial charge in [-0.3, -0.25) is 10.6 Å². The van der Waals surface area contributed by atoms with Gasteiger partial charge in [0.05, 0.1) is 23.4 Å². The van der Waals surface area contributed by atoms with Crippen LogP contribution in [0.2, 0.25) is 0 Å². The average molecular weight is 270 g/mol. The van der Waals surface area contributed by atoms with Crippen molar-refractivity contribution in [2.24, 2.45) is 5.84 Å². The Labute approximate surface area is 105 Å².